The number of ketones is 1. The molecule has 0 radical (unpaired) electrons. The van der Waals surface area contributed by atoms with Gasteiger partial charge in [-0.1, -0.05) is 43.3 Å². The number of benzene rings is 3. The summed E-state index contributed by atoms with van der Waals surface area (Å²) in [6.07, 6.45) is 0.435. The molecular weight excluding hydrogens is 420 g/mol. The van der Waals surface area contributed by atoms with Crippen LogP contribution < -0.4 is 9.47 Å². The Kier molecular flexibility index (Phi) is 6.61. The van der Waals surface area contributed by atoms with Crippen molar-refractivity contribution in [1.29, 1.82) is 0 Å². The Morgan fingerprint density at radius 3 is 2.25 bits per heavy atom. The number of esters is 1. The summed E-state index contributed by atoms with van der Waals surface area (Å²) in [5.41, 5.74) is 2.74. The quantitative estimate of drug-likeness (QED) is 0.270. The fraction of sp³-hybridized carbons (Fsp3) is 0.130. The standard InChI is InChI=1S/C23H19BrO4/c1-2-21(25)17-8-11-19(12-9-17)28-23(26)15-27-22-13-10-18(14-20(22)24)16-6-4-3-5-7-16/h3-14H,2,15H2,1H3. The second-order valence-electron chi connectivity index (χ2n) is 6.08. The molecule has 0 saturated heterocycles. The van der Waals surface area contributed by atoms with Gasteiger partial charge in [0, 0.05) is 12.0 Å². The number of Topliss-reactive ketones (excluding diaryl/α,β-unsaturated/α-hetero) is 1. The lowest BCUT2D eigenvalue weighted by Gasteiger charge is -2.10. The molecule has 142 valence electrons. The molecule has 0 fully saturated rings. The van der Waals surface area contributed by atoms with Crippen molar-refractivity contribution in [2.24, 2.45) is 0 Å². The molecule has 3 rings (SSSR count). The second-order valence-corrected chi connectivity index (χ2v) is 6.93. The van der Waals surface area contributed by atoms with Crippen LogP contribution in [0, 0.1) is 0 Å². The predicted octanol–water partition coefficient (Wildman–Crippen LogP) is 5.69. The molecule has 0 aliphatic carbocycles. The highest BCUT2D eigenvalue weighted by Crippen LogP contribution is 2.30. The first-order valence-electron chi connectivity index (χ1n) is 8.88. The highest BCUT2D eigenvalue weighted by atomic mass is 79.9. The molecule has 5 heteroatoms. The first-order valence-corrected chi connectivity index (χ1v) is 9.68. The third-order valence-corrected chi connectivity index (χ3v) is 4.73. The third-order valence-electron chi connectivity index (χ3n) is 4.11. The summed E-state index contributed by atoms with van der Waals surface area (Å²) in [6.45, 7) is 1.58. The fourth-order valence-corrected chi connectivity index (χ4v) is 3.13. The zero-order valence-electron chi connectivity index (χ0n) is 15.4. The van der Waals surface area contributed by atoms with Crippen LogP contribution in [0.2, 0.25) is 0 Å². The second kappa shape index (κ2) is 9.33. The van der Waals surface area contributed by atoms with Gasteiger partial charge in [-0.2, -0.15) is 0 Å². The van der Waals surface area contributed by atoms with Crippen molar-refractivity contribution in [2.45, 2.75) is 13.3 Å². The molecule has 0 N–H and O–H groups in total. The first-order chi connectivity index (χ1) is 13.6. The van der Waals surface area contributed by atoms with Crippen LogP contribution in [-0.4, -0.2) is 18.4 Å². The topological polar surface area (TPSA) is 52.6 Å². The van der Waals surface area contributed by atoms with Crippen LogP contribution in [-0.2, 0) is 4.79 Å². The maximum atomic E-state index is 12.0. The van der Waals surface area contributed by atoms with Crippen molar-refractivity contribution in [3.05, 3.63) is 82.8 Å². The maximum absolute atomic E-state index is 12.0. The average Bonchev–Trinajstić information content (AvgIpc) is 2.73. The lowest BCUT2D eigenvalue weighted by Crippen LogP contribution is -2.17. The molecule has 0 aromatic heterocycles. The molecule has 0 saturated carbocycles. The molecule has 3 aromatic carbocycles. The van der Waals surface area contributed by atoms with E-state index in [9.17, 15) is 9.59 Å². The number of carbonyl (C=O) groups excluding carboxylic acids is 2. The van der Waals surface area contributed by atoms with Gasteiger partial charge in [0.15, 0.2) is 12.4 Å². The molecule has 0 spiro atoms. The van der Waals surface area contributed by atoms with Crippen molar-refractivity contribution in [3.63, 3.8) is 0 Å². The smallest absolute Gasteiger partial charge is 0.349 e. The molecule has 28 heavy (non-hydrogen) atoms. The summed E-state index contributed by atoms with van der Waals surface area (Å²) in [6, 6.07) is 22.2. The van der Waals surface area contributed by atoms with Crippen LogP contribution in [0.25, 0.3) is 11.1 Å². The van der Waals surface area contributed by atoms with Crippen molar-refractivity contribution >= 4 is 27.7 Å². The van der Waals surface area contributed by atoms with Crippen LogP contribution in [0.3, 0.4) is 0 Å². The van der Waals surface area contributed by atoms with E-state index in [1.807, 2.05) is 48.5 Å². The van der Waals surface area contributed by atoms with Crippen molar-refractivity contribution in [2.75, 3.05) is 6.61 Å². The van der Waals surface area contributed by atoms with Gasteiger partial charge in [0.25, 0.3) is 0 Å². The summed E-state index contributed by atoms with van der Waals surface area (Å²) in [7, 11) is 0. The Balaban J connectivity index is 1.58. The predicted molar refractivity (Wildman–Crippen MR) is 112 cm³/mol. The lowest BCUT2D eigenvalue weighted by atomic mass is 10.1. The van der Waals surface area contributed by atoms with E-state index in [1.165, 1.54) is 0 Å². The Morgan fingerprint density at radius 1 is 0.893 bits per heavy atom. The Morgan fingerprint density at radius 2 is 1.61 bits per heavy atom. The molecule has 4 nitrogen and oxygen atoms in total. The van der Waals surface area contributed by atoms with E-state index in [0.29, 0.717) is 23.5 Å². The van der Waals surface area contributed by atoms with E-state index in [4.69, 9.17) is 9.47 Å². The Bertz CT molecular complexity index is 966. The molecule has 0 amide bonds. The van der Waals surface area contributed by atoms with Crippen molar-refractivity contribution in [1.82, 2.24) is 0 Å². The van der Waals surface area contributed by atoms with Gasteiger partial charge in [0.1, 0.15) is 11.5 Å². The Labute approximate surface area is 172 Å². The van der Waals surface area contributed by atoms with Gasteiger partial charge in [-0.05, 0) is 63.5 Å². The van der Waals surface area contributed by atoms with E-state index in [1.54, 1.807) is 31.2 Å². The zero-order valence-corrected chi connectivity index (χ0v) is 16.9. The van der Waals surface area contributed by atoms with Crippen molar-refractivity contribution in [3.8, 4) is 22.6 Å². The van der Waals surface area contributed by atoms with E-state index in [0.717, 1.165) is 15.6 Å². The molecular formula is C23H19BrO4. The van der Waals surface area contributed by atoms with Gasteiger partial charge in [-0.15, -0.1) is 0 Å². The van der Waals surface area contributed by atoms with Gasteiger partial charge >= 0.3 is 5.97 Å². The molecule has 0 unspecified atom stereocenters. The normalized spacial score (nSPS) is 10.4. The lowest BCUT2D eigenvalue weighted by molar-refractivity contribution is -0.136. The van der Waals surface area contributed by atoms with E-state index in [-0.39, 0.29) is 12.4 Å². The average molecular weight is 439 g/mol. The number of halogens is 1. The maximum Gasteiger partial charge on any atom is 0.349 e. The van der Waals surface area contributed by atoms with Gasteiger partial charge in [-0.3, -0.25) is 4.79 Å². The molecule has 3 aromatic rings. The summed E-state index contributed by atoms with van der Waals surface area (Å²) in [4.78, 5) is 23.7. The van der Waals surface area contributed by atoms with Crippen LogP contribution in [0.1, 0.15) is 23.7 Å². The van der Waals surface area contributed by atoms with E-state index in [2.05, 4.69) is 15.9 Å². The van der Waals surface area contributed by atoms with Gasteiger partial charge in [0.2, 0.25) is 0 Å². The minimum absolute atomic E-state index is 0.0463. The SMILES string of the molecule is CCC(=O)c1ccc(OC(=O)COc2ccc(-c3ccccc3)cc2Br)cc1. The molecule has 0 aliphatic rings. The van der Waals surface area contributed by atoms with Gasteiger partial charge in [-0.25, -0.2) is 4.79 Å². The highest BCUT2D eigenvalue weighted by molar-refractivity contribution is 9.10. The van der Waals surface area contributed by atoms with Crippen LogP contribution in [0.5, 0.6) is 11.5 Å². The summed E-state index contributed by atoms with van der Waals surface area (Å²) in [5, 5.41) is 0. The molecule has 0 bridgehead atoms. The van der Waals surface area contributed by atoms with Gasteiger partial charge in [0.05, 0.1) is 4.47 Å². The van der Waals surface area contributed by atoms with Crippen LogP contribution in [0.15, 0.2) is 77.3 Å². The monoisotopic (exact) mass is 438 g/mol. The molecule has 0 heterocycles. The van der Waals surface area contributed by atoms with Gasteiger partial charge < -0.3 is 9.47 Å². The summed E-state index contributed by atoms with van der Waals surface area (Å²) >= 11 is 3.48. The molecule has 0 aliphatic heterocycles. The zero-order chi connectivity index (χ0) is 19.9. The largest absolute Gasteiger partial charge is 0.481 e. The van der Waals surface area contributed by atoms with E-state index >= 15 is 0 Å². The summed E-state index contributed by atoms with van der Waals surface area (Å²) in [5.74, 6) is 0.457. The van der Waals surface area contributed by atoms with Crippen molar-refractivity contribution < 1.29 is 19.1 Å². The minimum Gasteiger partial charge on any atom is -0.481 e. The first kappa shape index (κ1) is 19.8. The number of hydrogen-bond donors (Lipinski definition) is 0. The summed E-state index contributed by atoms with van der Waals surface area (Å²) < 4.78 is 11.6. The minimum atomic E-state index is -0.520. The molecule has 0 atom stereocenters. The number of rotatable bonds is 7. The fourth-order valence-electron chi connectivity index (χ4n) is 2.64. The number of ether oxygens (including phenoxy) is 2. The number of carbonyl (C=O) groups is 2. The highest BCUT2D eigenvalue weighted by Gasteiger charge is 2.10. The van der Waals surface area contributed by atoms with Crippen LogP contribution in [0.4, 0.5) is 0 Å². The number of hydrogen-bond acceptors (Lipinski definition) is 4. The Hall–Kier alpha value is -2.92. The van der Waals surface area contributed by atoms with E-state index < -0.39 is 5.97 Å². The van der Waals surface area contributed by atoms with Crippen LogP contribution >= 0.6 is 15.9 Å². The third kappa shape index (κ3) is 5.08.